The van der Waals surface area contributed by atoms with Gasteiger partial charge >= 0.3 is 5.97 Å². The molecule has 1 N–H and O–H groups in total. The molecule has 0 radical (unpaired) electrons. The minimum atomic E-state index is -0.486. The summed E-state index contributed by atoms with van der Waals surface area (Å²) in [5, 5.41) is 2.21. The Morgan fingerprint density at radius 3 is 2.64 bits per heavy atom. The van der Waals surface area contributed by atoms with E-state index in [4.69, 9.17) is 4.74 Å². The predicted molar refractivity (Wildman–Crippen MR) is 93.2 cm³/mol. The van der Waals surface area contributed by atoms with E-state index in [1.807, 2.05) is 32.0 Å². The molecule has 0 aliphatic carbocycles. The lowest BCUT2D eigenvalue weighted by atomic mass is 10.0. The van der Waals surface area contributed by atoms with E-state index < -0.39 is 11.9 Å². The molecule has 0 aromatic heterocycles. The van der Waals surface area contributed by atoms with Crippen molar-refractivity contribution in [2.24, 2.45) is 0 Å². The summed E-state index contributed by atoms with van der Waals surface area (Å²) in [6, 6.07) is 5.70. The van der Waals surface area contributed by atoms with E-state index in [0.29, 0.717) is 0 Å². The van der Waals surface area contributed by atoms with Gasteiger partial charge in [-0.2, -0.15) is 0 Å². The van der Waals surface area contributed by atoms with Crippen LogP contribution >= 0.6 is 11.8 Å². The Morgan fingerprint density at radius 2 is 2.00 bits per heavy atom. The molecule has 0 bridgehead atoms. The number of ether oxygens (including phenoxy) is 1. The van der Waals surface area contributed by atoms with E-state index in [0.717, 1.165) is 33.4 Å². The molecule has 1 fully saturated rings. The van der Waals surface area contributed by atoms with Gasteiger partial charge in [0.05, 0.1) is 12.2 Å². The van der Waals surface area contributed by atoms with Gasteiger partial charge in [-0.05, 0) is 30.5 Å². The first-order chi connectivity index (χ1) is 11.9. The van der Waals surface area contributed by atoms with Gasteiger partial charge in [0, 0.05) is 13.1 Å². The number of nitrogens with zero attached hydrogens (tertiary/aromatic N) is 1. The van der Waals surface area contributed by atoms with E-state index in [1.165, 1.54) is 0 Å². The third-order valence-corrected chi connectivity index (χ3v) is 4.64. The lowest BCUT2D eigenvalue weighted by Gasteiger charge is -2.13. The summed E-state index contributed by atoms with van der Waals surface area (Å²) in [5.41, 5.74) is 3.06. The van der Waals surface area contributed by atoms with Crippen molar-refractivity contribution in [1.29, 1.82) is 0 Å². The zero-order valence-corrected chi connectivity index (χ0v) is 15.0. The van der Waals surface area contributed by atoms with Crippen LogP contribution in [0.25, 0.3) is 0 Å². The number of esters is 1. The maximum Gasteiger partial charge on any atom is 0.310 e. The molecule has 1 heterocycles. The number of carbonyl (C=O) groups is 4. The Hall–Kier alpha value is -2.35. The highest BCUT2D eigenvalue weighted by molar-refractivity contribution is 8.14. The molecule has 0 saturated carbocycles. The highest BCUT2D eigenvalue weighted by Crippen LogP contribution is 2.17. The molecule has 7 nitrogen and oxygen atoms in total. The molecule has 8 heteroatoms. The van der Waals surface area contributed by atoms with E-state index in [2.05, 4.69) is 5.32 Å². The molecule has 25 heavy (non-hydrogen) atoms. The monoisotopic (exact) mass is 364 g/mol. The maximum absolute atomic E-state index is 11.8. The fourth-order valence-electron chi connectivity index (χ4n) is 2.23. The average molecular weight is 364 g/mol. The summed E-state index contributed by atoms with van der Waals surface area (Å²) in [5.74, 6) is -1.08. The largest absolute Gasteiger partial charge is 0.455 e. The van der Waals surface area contributed by atoms with E-state index in [1.54, 1.807) is 0 Å². The van der Waals surface area contributed by atoms with Crippen LogP contribution in [-0.4, -0.2) is 53.4 Å². The Kier molecular flexibility index (Phi) is 6.58. The van der Waals surface area contributed by atoms with Crippen molar-refractivity contribution >= 4 is 34.8 Å². The summed E-state index contributed by atoms with van der Waals surface area (Å²) in [6.07, 6.45) is 0.0996. The van der Waals surface area contributed by atoms with Gasteiger partial charge in [0.25, 0.3) is 11.1 Å². The number of imide groups is 1. The third kappa shape index (κ3) is 5.60. The van der Waals surface area contributed by atoms with Crippen molar-refractivity contribution in [1.82, 2.24) is 10.2 Å². The molecule has 0 atom stereocenters. The van der Waals surface area contributed by atoms with Gasteiger partial charge < -0.3 is 10.1 Å². The highest BCUT2D eigenvalue weighted by atomic mass is 32.2. The molecule has 2 rings (SSSR count). The molecule has 1 saturated heterocycles. The van der Waals surface area contributed by atoms with E-state index >= 15 is 0 Å². The lowest BCUT2D eigenvalue weighted by molar-refractivity contribution is -0.147. The van der Waals surface area contributed by atoms with Gasteiger partial charge in [-0.15, -0.1) is 0 Å². The number of nitrogens with one attached hydrogen (secondary N) is 1. The molecular weight excluding hydrogens is 344 g/mol. The predicted octanol–water partition coefficient (Wildman–Crippen LogP) is 1.20. The number of hydrogen-bond acceptors (Lipinski definition) is 6. The number of benzene rings is 1. The van der Waals surface area contributed by atoms with Crippen LogP contribution in [0.4, 0.5) is 4.79 Å². The van der Waals surface area contributed by atoms with Gasteiger partial charge in [-0.3, -0.25) is 24.1 Å². The van der Waals surface area contributed by atoms with Crippen molar-refractivity contribution in [2.45, 2.75) is 20.3 Å². The minimum absolute atomic E-state index is 0.0996. The summed E-state index contributed by atoms with van der Waals surface area (Å²) < 4.78 is 4.94. The minimum Gasteiger partial charge on any atom is -0.455 e. The Balaban J connectivity index is 1.67. The van der Waals surface area contributed by atoms with E-state index in [9.17, 15) is 19.2 Å². The van der Waals surface area contributed by atoms with Crippen LogP contribution in [0, 0.1) is 13.8 Å². The zero-order chi connectivity index (χ0) is 18.4. The van der Waals surface area contributed by atoms with Gasteiger partial charge in [-0.25, -0.2) is 0 Å². The fourth-order valence-corrected chi connectivity index (χ4v) is 2.98. The quantitative estimate of drug-likeness (QED) is 0.731. The second kappa shape index (κ2) is 8.66. The number of carbonyl (C=O) groups excluding carboxylic acids is 4. The first kappa shape index (κ1) is 19.0. The second-order valence-corrected chi connectivity index (χ2v) is 6.63. The lowest BCUT2D eigenvalue weighted by Crippen LogP contribution is -2.38. The number of thioether (sulfide) groups is 1. The normalized spacial score (nSPS) is 13.9. The zero-order valence-electron chi connectivity index (χ0n) is 14.2. The van der Waals surface area contributed by atoms with Crippen LogP contribution in [0.3, 0.4) is 0 Å². The van der Waals surface area contributed by atoms with Crippen molar-refractivity contribution in [3.63, 3.8) is 0 Å². The van der Waals surface area contributed by atoms with E-state index in [-0.39, 0.29) is 43.0 Å². The van der Waals surface area contributed by atoms with Crippen LogP contribution in [0.2, 0.25) is 0 Å². The van der Waals surface area contributed by atoms with Crippen LogP contribution in [0.15, 0.2) is 18.2 Å². The van der Waals surface area contributed by atoms with Crippen molar-refractivity contribution in [2.75, 3.05) is 25.4 Å². The first-order valence-electron chi connectivity index (χ1n) is 7.82. The molecule has 1 aliphatic heterocycles. The molecular formula is C17H20N2O5S. The average Bonchev–Trinajstić information content (AvgIpc) is 2.88. The van der Waals surface area contributed by atoms with Crippen molar-refractivity contribution in [3.8, 4) is 0 Å². The van der Waals surface area contributed by atoms with Crippen LogP contribution in [0.5, 0.6) is 0 Å². The number of amides is 3. The second-order valence-electron chi connectivity index (χ2n) is 5.71. The molecule has 134 valence electrons. The van der Waals surface area contributed by atoms with Crippen LogP contribution < -0.4 is 5.32 Å². The maximum atomic E-state index is 11.8. The molecule has 1 aliphatic rings. The van der Waals surface area contributed by atoms with Crippen molar-refractivity contribution < 1.29 is 23.9 Å². The molecule has 1 aromatic carbocycles. The van der Waals surface area contributed by atoms with Gasteiger partial charge in [-0.1, -0.05) is 30.0 Å². The Bertz CT molecular complexity index is 688. The number of aryl methyl sites for hydroxylation is 2. The Labute approximate surface area is 150 Å². The SMILES string of the molecule is Cc1ccc(CC(=O)OCC(=O)NCCN2C(=O)CSC2=O)cc1C. The van der Waals surface area contributed by atoms with Gasteiger partial charge in [0.1, 0.15) is 0 Å². The van der Waals surface area contributed by atoms with Gasteiger partial charge in [0.15, 0.2) is 6.61 Å². The third-order valence-electron chi connectivity index (χ3n) is 3.78. The van der Waals surface area contributed by atoms with Crippen LogP contribution in [-0.2, 0) is 25.5 Å². The molecule has 0 unspecified atom stereocenters. The standard InChI is InChI=1S/C17H20N2O5S/c1-11-3-4-13(7-12(11)2)8-16(22)24-9-14(20)18-5-6-19-15(21)10-25-17(19)23/h3-4,7H,5-6,8-10H2,1-2H3,(H,18,20). The smallest absolute Gasteiger partial charge is 0.310 e. The van der Waals surface area contributed by atoms with Gasteiger partial charge in [0.2, 0.25) is 5.91 Å². The Morgan fingerprint density at radius 1 is 1.24 bits per heavy atom. The summed E-state index contributed by atoms with van der Waals surface area (Å²) in [7, 11) is 0. The fraction of sp³-hybridized carbons (Fsp3) is 0.412. The summed E-state index contributed by atoms with van der Waals surface area (Å²) >= 11 is 0.945. The first-order valence-corrected chi connectivity index (χ1v) is 8.81. The molecule has 0 spiro atoms. The summed E-state index contributed by atoms with van der Waals surface area (Å²) in [6.45, 7) is 3.81. The topological polar surface area (TPSA) is 92.8 Å². The number of hydrogen-bond donors (Lipinski definition) is 1. The highest BCUT2D eigenvalue weighted by Gasteiger charge is 2.29. The van der Waals surface area contributed by atoms with Crippen molar-refractivity contribution in [3.05, 3.63) is 34.9 Å². The molecule has 1 aromatic rings. The van der Waals surface area contributed by atoms with Crippen LogP contribution in [0.1, 0.15) is 16.7 Å². The summed E-state index contributed by atoms with van der Waals surface area (Å²) in [4.78, 5) is 47.3. The number of rotatable bonds is 7. The molecule has 3 amide bonds.